The number of rotatable bonds is 9. The summed E-state index contributed by atoms with van der Waals surface area (Å²) in [5.41, 5.74) is -1.60. The van der Waals surface area contributed by atoms with Crippen LogP contribution in [0, 0.1) is 0 Å². The van der Waals surface area contributed by atoms with Gasteiger partial charge in [0.15, 0.2) is 29.7 Å². The zero-order valence-electron chi connectivity index (χ0n) is 25.2. The van der Waals surface area contributed by atoms with E-state index in [0.717, 1.165) is 24.3 Å². The SMILES string of the molecule is C[C@H]1O[C@@H](O[C@H]2[C@H](Oc3c(-c4ccc(O)c(O)c4)oc4cc(O)cc(O)c4c3=O)O[C@H](COC(=O)CC(=O)O)[C@@H](O)[C@H]2O)[C@H](O)[C@H](O)[C@H]1O. The fraction of sp³-hybridized carbons (Fsp3) is 0.433. The lowest BCUT2D eigenvalue weighted by atomic mass is 9.97. The van der Waals surface area contributed by atoms with Gasteiger partial charge in [-0.25, -0.2) is 0 Å². The van der Waals surface area contributed by atoms with Gasteiger partial charge in [0.2, 0.25) is 17.5 Å². The molecule has 10 N–H and O–H groups in total. The molecule has 0 bridgehead atoms. The Morgan fingerprint density at radius 3 is 2.20 bits per heavy atom. The van der Waals surface area contributed by atoms with Crippen LogP contribution in [-0.2, 0) is 28.5 Å². The number of ether oxygens (including phenoxy) is 5. The van der Waals surface area contributed by atoms with Crippen LogP contribution in [0.3, 0.4) is 0 Å². The number of benzene rings is 2. The van der Waals surface area contributed by atoms with Crippen molar-refractivity contribution in [3.8, 4) is 40.1 Å². The minimum Gasteiger partial charge on any atom is -0.508 e. The highest BCUT2D eigenvalue weighted by Crippen LogP contribution is 2.40. The number of phenolic OH excluding ortho intramolecular Hbond substituents is 4. The van der Waals surface area contributed by atoms with Gasteiger partial charge >= 0.3 is 11.9 Å². The summed E-state index contributed by atoms with van der Waals surface area (Å²) in [6.07, 6.45) is -19.0. The third-order valence-corrected chi connectivity index (χ3v) is 7.84. The molecule has 2 aromatic carbocycles. The second kappa shape index (κ2) is 14.0. The summed E-state index contributed by atoms with van der Waals surface area (Å²) in [6.45, 7) is 0.477. The number of aliphatic carboxylic acids is 1. The van der Waals surface area contributed by atoms with E-state index in [1.54, 1.807) is 0 Å². The second-order valence-corrected chi connectivity index (χ2v) is 11.3. The summed E-state index contributed by atoms with van der Waals surface area (Å²) in [5, 5.41) is 102. The first-order valence-corrected chi connectivity index (χ1v) is 14.5. The Kier molecular flexibility index (Phi) is 10.2. The van der Waals surface area contributed by atoms with E-state index in [1.807, 2.05) is 0 Å². The standard InChI is InChI=1S/C30H32O19/c1-9-20(38)23(41)25(43)29(45-9)49-28-24(42)21(39)16(8-44-18(37)7-17(35)36)47-30(28)48-27-22(40)19-14(34)5-11(31)6-15(19)46-26(27)10-2-3-12(32)13(33)4-10/h2-6,9,16,20-21,23-25,28-34,38-39,41-43H,7-8H2,1H3,(H,35,36)/t9-,16-,20+,21-,23-,24-,25-,28-,29+,30+/m1/s1. The van der Waals surface area contributed by atoms with Crippen LogP contribution >= 0.6 is 0 Å². The van der Waals surface area contributed by atoms with Gasteiger partial charge in [-0.1, -0.05) is 0 Å². The average Bonchev–Trinajstić information content (AvgIpc) is 3.03. The average molecular weight is 697 g/mol. The molecule has 19 nitrogen and oxygen atoms in total. The molecule has 2 fully saturated rings. The van der Waals surface area contributed by atoms with Gasteiger partial charge in [0, 0.05) is 17.7 Å². The van der Waals surface area contributed by atoms with Gasteiger partial charge in [-0.3, -0.25) is 14.4 Å². The Bertz CT molecular complexity index is 1770. The number of phenols is 4. The van der Waals surface area contributed by atoms with Crippen LogP contribution in [-0.4, -0.2) is 131 Å². The lowest BCUT2D eigenvalue weighted by molar-refractivity contribution is -0.354. The van der Waals surface area contributed by atoms with Gasteiger partial charge in [0.25, 0.3) is 0 Å². The van der Waals surface area contributed by atoms with Crippen LogP contribution in [0.4, 0.5) is 0 Å². The monoisotopic (exact) mass is 696 g/mol. The minimum absolute atomic E-state index is 0.114. The van der Waals surface area contributed by atoms with Crippen molar-refractivity contribution < 1.29 is 88.8 Å². The molecule has 2 aliphatic rings. The maximum atomic E-state index is 13.9. The molecule has 0 radical (unpaired) electrons. The number of fused-ring (bicyclic) bond motifs is 1. The van der Waals surface area contributed by atoms with Gasteiger partial charge in [-0.15, -0.1) is 0 Å². The molecular formula is C30H32O19. The summed E-state index contributed by atoms with van der Waals surface area (Å²) in [4.78, 5) is 36.7. The molecule has 266 valence electrons. The van der Waals surface area contributed by atoms with Crippen molar-refractivity contribution in [2.75, 3.05) is 6.61 Å². The van der Waals surface area contributed by atoms with E-state index in [1.165, 1.54) is 13.0 Å². The molecule has 1 aromatic heterocycles. The highest BCUT2D eigenvalue weighted by molar-refractivity contribution is 5.90. The third-order valence-electron chi connectivity index (χ3n) is 7.84. The van der Waals surface area contributed by atoms with E-state index in [9.17, 15) is 60.3 Å². The zero-order chi connectivity index (χ0) is 35.9. The predicted molar refractivity (Wildman–Crippen MR) is 156 cm³/mol. The van der Waals surface area contributed by atoms with Gasteiger partial charge in [-0.2, -0.15) is 0 Å². The van der Waals surface area contributed by atoms with Crippen molar-refractivity contribution in [1.29, 1.82) is 0 Å². The fourth-order valence-electron chi connectivity index (χ4n) is 5.26. The number of carbonyl (C=O) groups is 2. The Hall–Kier alpha value is -4.73. The van der Waals surface area contributed by atoms with Crippen LogP contribution in [0.2, 0.25) is 0 Å². The number of aromatic hydroxyl groups is 4. The summed E-state index contributed by atoms with van der Waals surface area (Å²) >= 11 is 0. The van der Waals surface area contributed by atoms with E-state index < -0.39 is 132 Å². The molecule has 2 saturated heterocycles. The normalized spacial score (nSPS) is 30.2. The molecule has 3 heterocycles. The summed E-state index contributed by atoms with van der Waals surface area (Å²) in [5.74, 6) is -6.54. The molecule has 19 heteroatoms. The fourth-order valence-corrected chi connectivity index (χ4v) is 5.26. The molecule has 0 saturated carbocycles. The maximum absolute atomic E-state index is 13.9. The van der Waals surface area contributed by atoms with Crippen LogP contribution < -0.4 is 10.2 Å². The first kappa shape index (κ1) is 35.6. The van der Waals surface area contributed by atoms with Crippen LogP contribution in [0.1, 0.15) is 13.3 Å². The van der Waals surface area contributed by atoms with Gasteiger partial charge in [0.05, 0.1) is 6.10 Å². The number of esters is 1. The summed E-state index contributed by atoms with van der Waals surface area (Å²) < 4.78 is 33.4. The summed E-state index contributed by atoms with van der Waals surface area (Å²) in [7, 11) is 0. The van der Waals surface area contributed by atoms with Crippen LogP contribution in [0.15, 0.2) is 39.5 Å². The number of aliphatic hydroxyl groups excluding tert-OH is 5. The Labute approximate surface area is 273 Å². The van der Waals surface area contributed by atoms with E-state index in [2.05, 4.69) is 0 Å². The quantitative estimate of drug-likeness (QED) is 0.0680. The van der Waals surface area contributed by atoms with Crippen molar-refractivity contribution in [2.45, 2.75) is 74.8 Å². The van der Waals surface area contributed by atoms with Crippen LogP contribution in [0.25, 0.3) is 22.3 Å². The van der Waals surface area contributed by atoms with E-state index >= 15 is 0 Å². The zero-order valence-corrected chi connectivity index (χ0v) is 25.2. The van der Waals surface area contributed by atoms with E-state index in [4.69, 9.17) is 33.2 Å². The Morgan fingerprint density at radius 1 is 0.816 bits per heavy atom. The number of carbonyl (C=O) groups excluding carboxylic acids is 1. The first-order valence-electron chi connectivity index (χ1n) is 14.5. The van der Waals surface area contributed by atoms with Crippen molar-refractivity contribution in [1.82, 2.24) is 0 Å². The maximum Gasteiger partial charge on any atom is 0.317 e. The van der Waals surface area contributed by atoms with Crippen molar-refractivity contribution >= 4 is 22.9 Å². The number of hydrogen-bond donors (Lipinski definition) is 10. The smallest absolute Gasteiger partial charge is 0.317 e. The predicted octanol–water partition coefficient (Wildman–Crippen LogP) is -1.66. The Morgan fingerprint density at radius 2 is 1.53 bits per heavy atom. The van der Waals surface area contributed by atoms with Gasteiger partial charge in [0.1, 0.15) is 72.1 Å². The molecule has 0 spiro atoms. The lowest BCUT2D eigenvalue weighted by Gasteiger charge is -2.45. The number of carboxylic acids is 1. The van der Waals surface area contributed by atoms with Gasteiger partial charge < -0.3 is 79.2 Å². The lowest BCUT2D eigenvalue weighted by Crippen LogP contribution is -2.64. The molecule has 0 unspecified atom stereocenters. The summed E-state index contributed by atoms with van der Waals surface area (Å²) in [6, 6.07) is 4.99. The van der Waals surface area contributed by atoms with Crippen LogP contribution in [0.5, 0.6) is 28.7 Å². The largest absolute Gasteiger partial charge is 0.508 e. The molecule has 0 amide bonds. The molecule has 5 rings (SSSR count). The second-order valence-electron chi connectivity index (χ2n) is 11.3. The highest BCUT2D eigenvalue weighted by Gasteiger charge is 2.51. The van der Waals surface area contributed by atoms with Crippen molar-refractivity contribution in [3.05, 3.63) is 40.6 Å². The van der Waals surface area contributed by atoms with E-state index in [-0.39, 0.29) is 11.1 Å². The Balaban J connectivity index is 1.60. The van der Waals surface area contributed by atoms with Crippen molar-refractivity contribution in [3.63, 3.8) is 0 Å². The van der Waals surface area contributed by atoms with E-state index in [0.29, 0.717) is 0 Å². The van der Waals surface area contributed by atoms with Gasteiger partial charge in [-0.05, 0) is 25.1 Å². The number of carboxylic acid groups (broad SMARTS) is 1. The number of aliphatic hydroxyl groups is 5. The molecule has 2 aliphatic heterocycles. The molecular weight excluding hydrogens is 664 g/mol. The topological polar surface area (TPSA) is 313 Å². The highest BCUT2D eigenvalue weighted by atomic mass is 16.8. The molecule has 0 aliphatic carbocycles. The molecule has 3 aromatic rings. The third kappa shape index (κ3) is 7.19. The van der Waals surface area contributed by atoms with Crippen molar-refractivity contribution in [2.24, 2.45) is 0 Å². The molecule has 10 atom stereocenters. The minimum atomic E-state index is -2.07. The first-order chi connectivity index (χ1) is 23.1. The number of hydrogen-bond acceptors (Lipinski definition) is 18. The molecule has 49 heavy (non-hydrogen) atoms.